The molecule has 0 aliphatic carbocycles. The minimum atomic E-state index is -4.67. The molecule has 0 aromatic carbocycles. The van der Waals surface area contributed by atoms with Gasteiger partial charge in [-0.15, -0.1) is 0 Å². The van der Waals surface area contributed by atoms with Crippen molar-refractivity contribution in [3.05, 3.63) is 194 Å². The van der Waals surface area contributed by atoms with Crippen LogP contribution < -0.4 is 4.89 Å². The quantitative estimate of drug-likeness (QED) is 0.0195. The van der Waals surface area contributed by atoms with Gasteiger partial charge in [0.05, 0.1) is 27.7 Å². The summed E-state index contributed by atoms with van der Waals surface area (Å²) in [6.45, 7) is 3.88. The maximum atomic E-state index is 12.8. The van der Waals surface area contributed by atoms with Crippen molar-refractivity contribution in [3.63, 3.8) is 0 Å². The van der Waals surface area contributed by atoms with Crippen LogP contribution in [0.2, 0.25) is 0 Å². The number of unbranched alkanes of at least 4 members (excludes halogenated alkanes) is 6. The zero-order chi connectivity index (χ0) is 58.4. The highest BCUT2D eigenvalue weighted by molar-refractivity contribution is 7.45. The Morgan fingerprint density at radius 3 is 1.01 bits per heavy atom. The lowest BCUT2D eigenvalue weighted by Gasteiger charge is -2.28. The molecule has 9 nitrogen and oxygen atoms in total. The van der Waals surface area contributed by atoms with Gasteiger partial charge >= 0.3 is 11.9 Å². The number of phosphoric acid groups is 1. The first kappa shape index (κ1) is 74.8. The summed E-state index contributed by atoms with van der Waals surface area (Å²) in [7, 11) is 1.09. The van der Waals surface area contributed by atoms with Crippen molar-refractivity contribution < 1.29 is 42.1 Å². The van der Waals surface area contributed by atoms with E-state index >= 15 is 0 Å². The molecule has 0 aromatic heterocycles. The molecule has 2 atom stereocenters. The fourth-order valence-electron chi connectivity index (χ4n) is 7.04. The molecule has 446 valence electrons. The summed E-state index contributed by atoms with van der Waals surface area (Å²) in [4.78, 5) is 37.8. The van der Waals surface area contributed by atoms with Crippen molar-refractivity contribution in [2.24, 2.45) is 0 Å². The molecule has 2 unspecified atom stereocenters. The fourth-order valence-corrected chi connectivity index (χ4v) is 7.77. The van der Waals surface area contributed by atoms with E-state index in [0.717, 1.165) is 141 Å². The van der Waals surface area contributed by atoms with Gasteiger partial charge in [0.15, 0.2) is 6.10 Å². The van der Waals surface area contributed by atoms with E-state index in [1.807, 2.05) is 21.1 Å². The molecule has 0 saturated heterocycles. The summed E-state index contributed by atoms with van der Waals surface area (Å²) in [5, 5.41) is 0. The molecule has 80 heavy (non-hydrogen) atoms. The highest BCUT2D eigenvalue weighted by Gasteiger charge is 2.21. The number of hydrogen-bond donors (Lipinski definition) is 0. The Balaban J connectivity index is 4.30. The van der Waals surface area contributed by atoms with Gasteiger partial charge in [-0.1, -0.05) is 221 Å². The summed E-state index contributed by atoms with van der Waals surface area (Å²) >= 11 is 0. The first-order chi connectivity index (χ1) is 39.0. The van der Waals surface area contributed by atoms with Crippen molar-refractivity contribution >= 4 is 19.8 Å². The second-order valence-electron chi connectivity index (χ2n) is 20.2. The molecule has 0 fully saturated rings. The van der Waals surface area contributed by atoms with Gasteiger partial charge in [-0.2, -0.15) is 0 Å². The van der Waals surface area contributed by atoms with Gasteiger partial charge in [0, 0.05) is 12.8 Å². The first-order valence-electron chi connectivity index (χ1n) is 30.1. The molecule has 10 heteroatoms. The third-order valence-electron chi connectivity index (χ3n) is 11.6. The molecule has 0 amide bonds. The van der Waals surface area contributed by atoms with Crippen molar-refractivity contribution in [2.45, 2.75) is 187 Å². The lowest BCUT2D eigenvalue weighted by atomic mass is 10.1. The third-order valence-corrected chi connectivity index (χ3v) is 12.6. The van der Waals surface area contributed by atoms with E-state index in [2.05, 4.69) is 208 Å². The normalized spacial score (nSPS) is 14.6. The van der Waals surface area contributed by atoms with Crippen LogP contribution in [-0.2, 0) is 32.7 Å². The smallest absolute Gasteiger partial charge is 0.306 e. The van der Waals surface area contributed by atoms with Crippen LogP contribution in [0.15, 0.2) is 194 Å². The van der Waals surface area contributed by atoms with Crippen molar-refractivity contribution in [2.75, 3.05) is 47.5 Å². The number of likely N-dealkylation sites (N-methyl/N-ethyl adjacent to an activating group) is 1. The predicted octanol–water partition coefficient (Wildman–Crippen LogP) is 18.7. The van der Waals surface area contributed by atoms with E-state index in [-0.39, 0.29) is 26.1 Å². The van der Waals surface area contributed by atoms with E-state index in [9.17, 15) is 19.0 Å². The lowest BCUT2D eigenvalue weighted by Crippen LogP contribution is -2.37. The number of carbonyl (C=O) groups excluding carboxylic acids is 2. The number of ether oxygens (including phenoxy) is 2. The first-order valence-corrected chi connectivity index (χ1v) is 31.6. The lowest BCUT2D eigenvalue weighted by molar-refractivity contribution is -0.870. The molecular weight excluding hydrogens is 1010 g/mol. The van der Waals surface area contributed by atoms with Crippen molar-refractivity contribution in [1.82, 2.24) is 0 Å². The number of quaternary nitrogens is 1. The molecule has 0 bridgehead atoms. The van der Waals surface area contributed by atoms with Crippen LogP contribution >= 0.6 is 7.82 Å². The Labute approximate surface area is 488 Å². The van der Waals surface area contributed by atoms with Gasteiger partial charge in [0.2, 0.25) is 0 Å². The largest absolute Gasteiger partial charge is 0.756 e. The molecule has 0 aromatic rings. The molecule has 0 N–H and O–H groups in total. The van der Waals surface area contributed by atoms with Crippen LogP contribution in [0.4, 0.5) is 0 Å². The minimum Gasteiger partial charge on any atom is -0.756 e. The second-order valence-corrected chi connectivity index (χ2v) is 21.7. The molecule has 0 saturated carbocycles. The molecular formula is C70H108NO8P. The molecule has 0 aliphatic rings. The average Bonchev–Trinajstić information content (AvgIpc) is 3.42. The number of phosphoric ester groups is 1. The van der Waals surface area contributed by atoms with Gasteiger partial charge in [0.1, 0.15) is 19.8 Å². The van der Waals surface area contributed by atoms with Crippen LogP contribution in [0.5, 0.6) is 0 Å². The standard InChI is InChI=1S/C70H108NO8P/c1-6-8-10-12-14-16-18-20-22-24-25-26-27-28-29-30-31-32-33-34-35-36-37-38-39-40-41-42-43-44-45-47-49-51-53-55-57-59-61-63-70(73)79-68(67-78-80(74,75)77-65-64-71(3,4)5)66-76-69(72)62-60-58-56-54-52-50-48-46-23-21-19-17-15-13-11-9-7-2/h8-11,14-17,20-23,25-26,28-29,31-32,34-35,37-38,40-41,43-44,47-50,53,55,68H,6-7,12-13,18-19,24,27,30,33,36,39,42,45-46,51-52,54,56-67H2,1-5H3/b10-8-,11-9-,16-14-,17-15-,22-20-,23-21-,26-25-,29-28-,32-31-,35-34-,38-37-,41-40-,44-43-,49-47-,50-48-,55-53-. The van der Waals surface area contributed by atoms with E-state index in [0.29, 0.717) is 23.9 Å². The zero-order valence-electron chi connectivity index (χ0n) is 50.4. The molecule has 0 heterocycles. The summed E-state index contributed by atoms with van der Waals surface area (Å²) in [5.74, 6) is -0.933. The van der Waals surface area contributed by atoms with Crippen LogP contribution in [0.3, 0.4) is 0 Å². The Hall–Kier alpha value is -5.15. The highest BCUT2D eigenvalue weighted by Crippen LogP contribution is 2.38. The van der Waals surface area contributed by atoms with E-state index in [1.54, 1.807) is 0 Å². The number of carbonyl (C=O) groups is 2. The Kier molecular flexibility index (Phi) is 54.7. The predicted molar refractivity (Wildman–Crippen MR) is 341 cm³/mol. The Morgan fingerprint density at radius 2 is 0.675 bits per heavy atom. The van der Waals surface area contributed by atoms with Crippen LogP contribution in [0.1, 0.15) is 181 Å². The van der Waals surface area contributed by atoms with Gasteiger partial charge in [-0.3, -0.25) is 14.2 Å². The number of hydrogen-bond acceptors (Lipinski definition) is 8. The number of rotatable bonds is 52. The minimum absolute atomic E-state index is 0.0555. The number of esters is 2. The van der Waals surface area contributed by atoms with E-state index < -0.39 is 32.5 Å². The van der Waals surface area contributed by atoms with Crippen LogP contribution in [0.25, 0.3) is 0 Å². The maximum absolute atomic E-state index is 12.8. The van der Waals surface area contributed by atoms with Crippen molar-refractivity contribution in [1.29, 1.82) is 0 Å². The summed E-state index contributed by atoms with van der Waals surface area (Å²) in [6, 6.07) is 0. The summed E-state index contributed by atoms with van der Waals surface area (Å²) in [6.07, 6.45) is 92.1. The molecule has 0 spiro atoms. The van der Waals surface area contributed by atoms with Crippen molar-refractivity contribution in [3.8, 4) is 0 Å². The summed E-state index contributed by atoms with van der Waals surface area (Å²) in [5.41, 5.74) is 0. The summed E-state index contributed by atoms with van der Waals surface area (Å²) < 4.78 is 34.0. The van der Waals surface area contributed by atoms with Gasteiger partial charge in [-0.25, -0.2) is 0 Å². The number of nitrogens with zero attached hydrogens (tertiary/aromatic N) is 1. The fraction of sp³-hybridized carbons (Fsp3) is 0.514. The SMILES string of the molecule is CC/C=C\C/C=C\C/C=C\C/C=C\C/C=C\C/C=C\C/C=C\C/C=C\C/C=C\C/C=C\C/C=C\C/C=C\CCCCC(=O)OC(COC(=O)CCCCCC/C=C\C/C=C\C/C=C\C/C=C\CC)COP(=O)([O-])OCC[N+](C)(C)C. The Morgan fingerprint density at radius 1 is 0.388 bits per heavy atom. The van der Waals surface area contributed by atoms with Crippen LogP contribution in [-0.4, -0.2) is 70.0 Å². The highest BCUT2D eigenvalue weighted by atomic mass is 31.2. The van der Waals surface area contributed by atoms with E-state index in [1.165, 1.54) is 0 Å². The topological polar surface area (TPSA) is 111 Å². The zero-order valence-corrected chi connectivity index (χ0v) is 51.3. The van der Waals surface area contributed by atoms with Crippen LogP contribution in [0, 0.1) is 0 Å². The number of allylic oxidation sites excluding steroid dienone is 32. The molecule has 0 rings (SSSR count). The second kappa shape index (κ2) is 58.5. The van der Waals surface area contributed by atoms with Gasteiger partial charge < -0.3 is 27.9 Å². The molecule has 0 radical (unpaired) electrons. The van der Waals surface area contributed by atoms with Gasteiger partial charge in [-0.05, 0) is 141 Å². The third kappa shape index (κ3) is 62.1. The Bertz CT molecular complexity index is 2050. The molecule has 0 aliphatic heterocycles. The maximum Gasteiger partial charge on any atom is 0.306 e. The monoisotopic (exact) mass is 1120 g/mol. The van der Waals surface area contributed by atoms with Gasteiger partial charge in [0.25, 0.3) is 7.82 Å². The average molecular weight is 1120 g/mol. The van der Waals surface area contributed by atoms with E-state index in [4.69, 9.17) is 18.5 Å².